The van der Waals surface area contributed by atoms with Crippen LogP contribution in [0.15, 0.2) is 35.4 Å². The van der Waals surface area contributed by atoms with Gasteiger partial charge in [0.05, 0.1) is 12.8 Å². The molecule has 1 aromatic carbocycles. The van der Waals surface area contributed by atoms with E-state index in [9.17, 15) is 4.79 Å². The molecule has 3 aromatic rings. The Bertz CT molecular complexity index is 930. The molecule has 128 valence electrons. The molecule has 0 aliphatic rings. The van der Waals surface area contributed by atoms with Gasteiger partial charge >= 0.3 is 5.91 Å². The molecule has 8 heteroatoms. The zero-order chi connectivity index (χ0) is 17.8. The van der Waals surface area contributed by atoms with Gasteiger partial charge in [-0.1, -0.05) is 0 Å². The number of carbonyl (C=O) groups is 1. The fourth-order valence-corrected chi connectivity index (χ4v) is 2.29. The maximum absolute atomic E-state index is 12.1. The summed E-state index contributed by atoms with van der Waals surface area (Å²) in [5, 5.41) is 8.08. The second kappa shape index (κ2) is 7.08. The van der Waals surface area contributed by atoms with Gasteiger partial charge in [0.25, 0.3) is 5.78 Å². The standard InChI is InChI=1S/C17H18N6O2/c1-4-25-14-7-5-13(6-8-14)10-18-21-16(24)15-20-17-19-11(2)9-12(3)23(17)22-15/h5-10H,4H2,1-3H3,(H,21,24). The zero-order valence-electron chi connectivity index (χ0n) is 14.2. The van der Waals surface area contributed by atoms with Crippen molar-refractivity contribution < 1.29 is 9.53 Å². The van der Waals surface area contributed by atoms with E-state index in [1.165, 1.54) is 10.7 Å². The first-order chi connectivity index (χ1) is 12.1. The average Bonchev–Trinajstić information content (AvgIpc) is 3.01. The summed E-state index contributed by atoms with van der Waals surface area (Å²) in [5.41, 5.74) is 4.92. The summed E-state index contributed by atoms with van der Waals surface area (Å²) in [6.45, 7) is 6.28. The van der Waals surface area contributed by atoms with E-state index < -0.39 is 5.91 Å². The molecule has 0 aliphatic carbocycles. The number of aryl methyl sites for hydroxylation is 2. The van der Waals surface area contributed by atoms with Crippen molar-refractivity contribution in [1.29, 1.82) is 0 Å². The minimum Gasteiger partial charge on any atom is -0.494 e. The average molecular weight is 338 g/mol. The van der Waals surface area contributed by atoms with Crippen LogP contribution in [-0.2, 0) is 0 Å². The van der Waals surface area contributed by atoms with Crippen molar-refractivity contribution in [2.75, 3.05) is 6.61 Å². The van der Waals surface area contributed by atoms with Crippen molar-refractivity contribution in [3.8, 4) is 5.75 Å². The molecular weight excluding hydrogens is 320 g/mol. The topological polar surface area (TPSA) is 93.8 Å². The molecule has 0 saturated carbocycles. The molecule has 0 bridgehead atoms. The predicted molar refractivity (Wildman–Crippen MR) is 92.9 cm³/mol. The van der Waals surface area contributed by atoms with Crippen LogP contribution in [-0.4, -0.2) is 38.3 Å². The van der Waals surface area contributed by atoms with Crippen molar-refractivity contribution in [2.24, 2.45) is 5.10 Å². The minimum atomic E-state index is -0.496. The first-order valence-electron chi connectivity index (χ1n) is 7.84. The van der Waals surface area contributed by atoms with E-state index in [0.717, 1.165) is 22.7 Å². The van der Waals surface area contributed by atoms with Gasteiger partial charge in [0, 0.05) is 11.4 Å². The first kappa shape index (κ1) is 16.6. The quantitative estimate of drug-likeness (QED) is 0.566. The van der Waals surface area contributed by atoms with Gasteiger partial charge in [-0.2, -0.15) is 10.1 Å². The molecular formula is C17H18N6O2. The molecule has 1 N–H and O–H groups in total. The van der Waals surface area contributed by atoms with Crippen molar-refractivity contribution in [3.63, 3.8) is 0 Å². The second-order valence-corrected chi connectivity index (χ2v) is 5.39. The zero-order valence-corrected chi connectivity index (χ0v) is 14.2. The second-order valence-electron chi connectivity index (χ2n) is 5.39. The number of nitrogens with zero attached hydrogens (tertiary/aromatic N) is 5. The van der Waals surface area contributed by atoms with Crippen molar-refractivity contribution in [1.82, 2.24) is 25.0 Å². The van der Waals surface area contributed by atoms with Crippen molar-refractivity contribution in [3.05, 3.63) is 53.1 Å². The number of carbonyl (C=O) groups excluding carboxylic acids is 1. The molecule has 0 saturated heterocycles. The molecule has 2 aromatic heterocycles. The van der Waals surface area contributed by atoms with Crippen LogP contribution in [0.1, 0.15) is 34.5 Å². The third kappa shape index (κ3) is 3.79. The molecule has 1 amide bonds. The van der Waals surface area contributed by atoms with Crippen LogP contribution < -0.4 is 10.2 Å². The fourth-order valence-electron chi connectivity index (χ4n) is 2.29. The highest BCUT2D eigenvalue weighted by Crippen LogP contribution is 2.10. The van der Waals surface area contributed by atoms with Crippen LogP contribution in [0.2, 0.25) is 0 Å². The summed E-state index contributed by atoms with van der Waals surface area (Å²) >= 11 is 0. The fraction of sp³-hybridized carbons (Fsp3) is 0.235. The molecule has 0 unspecified atom stereocenters. The van der Waals surface area contributed by atoms with Gasteiger partial charge in [-0.15, -0.1) is 5.10 Å². The lowest BCUT2D eigenvalue weighted by Gasteiger charge is -2.01. The molecule has 3 rings (SSSR count). The Morgan fingerprint density at radius 1 is 1.28 bits per heavy atom. The van der Waals surface area contributed by atoms with Gasteiger partial charge in [-0.3, -0.25) is 4.79 Å². The van der Waals surface area contributed by atoms with Crippen LogP contribution in [0.25, 0.3) is 5.78 Å². The Morgan fingerprint density at radius 3 is 2.76 bits per heavy atom. The Morgan fingerprint density at radius 2 is 2.04 bits per heavy atom. The number of fused-ring (bicyclic) bond motifs is 1. The lowest BCUT2D eigenvalue weighted by atomic mass is 10.2. The van der Waals surface area contributed by atoms with E-state index in [0.29, 0.717) is 12.4 Å². The number of rotatable bonds is 5. The number of hydrogen-bond donors (Lipinski definition) is 1. The van der Waals surface area contributed by atoms with E-state index in [1.54, 1.807) is 0 Å². The van der Waals surface area contributed by atoms with Gasteiger partial charge in [-0.05, 0) is 56.7 Å². The molecule has 25 heavy (non-hydrogen) atoms. The number of ether oxygens (including phenoxy) is 1. The maximum atomic E-state index is 12.1. The minimum absolute atomic E-state index is 0.0186. The molecule has 2 heterocycles. The Balaban J connectivity index is 1.69. The van der Waals surface area contributed by atoms with Crippen LogP contribution in [0.5, 0.6) is 5.75 Å². The van der Waals surface area contributed by atoms with E-state index >= 15 is 0 Å². The highest BCUT2D eigenvalue weighted by Gasteiger charge is 2.14. The third-order valence-electron chi connectivity index (χ3n) is 3.39. The van der Waals surface area contributed by atoms with Crippen LogP contribution in [0.3, 0.4) is 0 Å². The maximum Gasteiger partial charge on any atom is 0.311 e. The summed E-state index contributed by atoms with van der Waals surface area (Å²) in [4.78, 5) is 20.5. The molecule has 0 radical (unpaired) electrons. The molecule has 0 aliphatic heterocycles. The number of amides is 1. The number of hydrogen-bond acceptors (Lipinski definition) is 6. The highest BCUT2D eigenvalue weighted by atomic mass is 16.5. The van der Waals surface area contributed by atoms with Crippen molar-refractivity contribution >= 4 is 17.9 Å². The monoisotopic (exact) mass is 338 g/mol. The lowest BCUT2D eigenvalue weighted by Crippen LogP contribution is -2.19. The molecule has 0 spiro atoms. The van der Waals surface area contributed by atoms with E-state index in [2.05, 4.69) is 25.6 Å². The summed E-state index contributed by atoms with van der Waals surface area (Å²) in [5.74, 6) is 0.698. The van der Waals surface area contributed by atoms with Gasteiger partial charge < -0.3 is 4.74 Å². The third-order valence-corrected chi connectivity index (χ3v) is 3.39. The summed E-state index contributed by atoms with van der Waals surface area (Å²) in [7, 11) is 0. The van der Waals surface area contributed by atoms with E-state index in [1.807, 2.05) is 51.1 Å². The summed E-state index contributed by atoms with van der Waals surface area (Å²) in [6.07, 6.45) is 1.54. The number of hydrazone groups is 1. The normalized spacial score (nSPS) is 11.2. The number of aromatic nitrogens is 4. The van der Waals surface area contributed by atoms with Gasteiger partial charge in [0.15, 0.2) is 0 Å². The lowest BCUT2D eigenvalue weighted by molar-refractivity contribution is 0.0945. The smallest absolute Gasteiger partial charge is 0.311 e. The molecule has 0 fully saturated rings. The van der Waals surface area contributed by atoms with E-state index in [4.69, 9.17) is 4.74 Å². The Labute approximate surface area is 144 Å². The predicted octanol–water partition coefficient (Wildman–Crippen LogP) is 1.90. The number of nitrogens with one attached hydrogen (secondary N) is 1. The Kier molecular flexibility index (Phi) is 4.69. The van der Waals surface area contributed by atoms with Crippen LogP contribution in [0, 0.1) is 13.8 Å². The summed E-state index contributed by atoms with van der Waals surface area (Å²) in [6, 6.07) is 9.24. The van der Waals surface area contributed by atoms with Crippen molar-refractivity contribution in [2.45, 2.75) is 20.8 Å². The first-order valence-corrected chi connectivity index (χ1v) is 7.84. The molecule has 0 atom stereocenters. The van der Waals surface area contributed by atoms with E-state index in [-0.39, 0.29) is 5.82 Å². The molecule has 8 nitrogen and oxygen atoms in total. The summed E-state index contributed by atoms with van der Waals surface area (Å²) < 4.78 is 6.90. The highest BCUT2D eigenvalue weighted by molar-refractivity contribution is 5.91. The number of benzene rings is 1. The van der Waals surface area contributed by atoms with Crippen LogP contribution in [0.4, 0.5) is 0 Å². The largest absolute Gasteiger partial charge is 0.494 e. The van der Waals surface area contributed by atoms with Gasteiger partial charge in [-0.25, -0.2) is 14.9 Å². The SMILES string of the molecule is CCOc1ccc(C=NNC(=O)c2nc3nc(C)cc(C)n3n2)cc1. The Hall–Kier alpha value is -3.29. The van der Waals surface area contributed by atoms with Crippen LogP contribution >= 0.6 is 0 Å². The van der Waals surface area contributed by atoms with Gasteiger partial charge in [0.2, 0.25) is 5.82 Å². The van der Waals surface area contributed by atoms with Gasteiger partial charge in [0.1, 0.15) is 5.75 Å².